The van der Waals surface area contributed by atoms with Crippen LogP contribution in [-0.4, -0.2) is 22.1 Å². The Labute approximate surface area is 125 Å². The summed E-state index contributed by atoms with van der Waals surface area (Å²) >= 11 is 1.58. The fraction of sp³-hybridized carbons (Fsp3) is 0.214. The highest BCUT2D eigenvalue weighted by molar-refractivity contribution is 7.07. The minimum Gasteiger partial charge on any atom is -0.477 e. The summed E-state index contributed by atoms with van der Waals surface area (Å²) in [6, 6.07) is 4.65. The van der Waals surface area contributed by atoms with Crippen LogP contribution in [0.1, 0.15) is 34.6 Å². The van der Waals surface area contributed by atoms with E-state index in [1.54, 1.807) is 17.4 Å². The van der Waals surface area contributed by atoms with Gasteiger partial charge >= 0.3 is 12.0 Å². The third-order valence-corrected chi connectivity index (χ3v) is 3.59. The topological polar surface area (TPSA) is 91.3 Å². The monoisotopic (exact) mass is 305 g/mol. The van der Waals surface area contributed by atoms with Crippen molar-refractivity contribution in [2.45, 2.75) is 19.5 Å². The second-order valence-electron chi connectivity index (χ2n) is 4.46. The van der Waals surface area contributed by atoms with Crippen LogP contribution in [0.5, 0.6) is 0 Å². The lowest BCUT2D eigenvalue weighted by Crippen LogP contribution is -2.36. The number of amides is 2. The Kier molecular flexibility index (Phi) is 4.89. The number of carboxylic acid groups (broad SMARTS) is 1. The molecule has 2 rings (SSSR count). The predicted octanol–water partition coefficient (Wildman–Crippen LogP) is 2.40. The number of rotatable bonds is 5. The maximum atomic E-state index is 11.8. The molecule has 1 unspecified atom stereocenters. The van der Waals surface area contributed by atoms with Crippen LogP contribution in [0.2, 0.25) is 0 Å². The number of urea groups is 1. The van der Waals surface area contributed by atoms with Gasteiger partial charge in [0.15, 0.2) is 0 Å². The van der Waals surface area contributed by atoms with Gasteiger partial charge in [-0.25, -0.2) is 14.6 Å². The molecule has 0 radical (unpaired) electrons. The number of nitrogens with zero attached hydrogens (tertiary/aromatic N) is 1. The van der Waals surface area contributed by atoms with Crippen molar-refractivity contribution in [3.63, 3.8) is 0 Å². The van der Waals surface area contributed by atoms with Crippen LogP contribution in [0.3, 0.4) is 0 Å². The zero-order valence-corrected chi connectivity index (χ0v) is 12.2. The van der Waals surface area contributed by atoms with Crippen LogP contribution in [-0.2, 0) is 6.54 Å². The van der Waals surface area contributed by atoms with Gasteiger partial charge in [-0.05, 0) is 40.9 Å². The van der Waals surface area contributed by atoms with Crippen molar-refractivity contribution in [3.8, 4) is 0 Å². The normalized spacial score (nSPS) is 11.7. The number of hydrogen-bond acceptors (Lipinski definition) is 4. The fourth-order valence-electron chi connectivity index (χ4n) is 1.69. The first-order valence-electron chi connectivity index (χ1n) is 6.31. The Hall–Kier alpha value is -2.41. The molecule has 0 aliphatic heterocycles. The summed E-state index contributed by atoms with van der Waals surface area (Å²) < 4.78 is 0. The summed E-state index contributed by atoms with van der Waals surface area (Å²) in [4.78, 5) is 26.2. The lowest BCUT2D eigenvalue weighted by atomic mass is 10.2. The maximum Gasteiger partial charge on any atom is 0.354 e. The van der Waals surface area contributed by atoms with Crippen LogP contribution in [0, 0.1) is 0 Å². The number of carboxylic acids is 1. The molecule has 110 valence electrons. The number of pyridine rings is 1. The summed E-state index contributed by atoms with van der Waals surface area (Å²) in [7, 11) is 0. The molecule has 7 heteroatoms. The molecule has 2 aromatic rings. The molecule has 0 spiro atoms. The summed E-state index contributed by atoms with van der Waals surface area (Å²) in [5.74, 6) is -1.07. The molecule has 0 aliphatic rings. The van der Waals surface area contributed by atoms with Gasteiger partial charge < -0.3 is 15.7 Å². The van der Waals surface area contributed by atoms with Crippen molar-refractivity contribution in [2.75, 3.05) is 0 Å². The Morgan fingerprint density at radius 2 is 2.19 bits per heavy atom. The molecule has 2 amide bonds. The van der Waals surface area contributed by atoms with Gasteiger partial charge in [0.2, 0.25) is 0 Å². The molecule has 0 aliphatic carbocycles. The first-order valence-corrected chi connectivity index (χ1v) is 7.25. The average molecular weight is 305 g/mol. The zero-order chi connectivity index (χ0) is 15.2. The van der Waals surface area contributed by atoms with E-state index in [4.69, 9.17) is 5.11 Å². The highest BCUT2D eigenvalue weighted by Gasteiger charge is 2.09. The van der Waals surface area contributed by atoms with Crippen molar-refractivity contribution >= 4 is 23.3 Å². The van der Waals surface area contributed by atoms with E-state index in [0.717, 1.165) is 11.1 Å². The van der Waals surface area contributed by atoms with Crippen LogP contribution in [0.25, 0.3) is 0 Å². The van der Waals surface area contributed by atoms with E-state index < -0.39 is 5.97 Å². The Balaban J connectivity index is 1.82. The minimum absolute atomic E-state index is 0.0192. The van der Waals surface area contributed by atoms with Gasteiger partial charge in [-0.3, -0.25) is 0 Å². The molecule has 1 atom stereocenters. The number of carbonyl (C=O) groups excluding carboxylic acids is 1. The van der Waals surface area contributed by atoms with Gasteiger partial charge in [-0.15, -0.1) is 0 Å². The summed E-state index contributed by atoms with van der Waals surface area (Å²) in [6.07, 6.45) is 1.44. The molecule has 6 nitrogen and oxygen atoms in total. The van der Waals surface area contributed by atoms with Crippen molar-refractivity contribution in [1.29, 1.82) is 0 Å². The van der Waals surface area contributed by atoms with Gasteiger partial charge in [0.05, 0.1) is 6.04 Å². The summed E-state index contributed by atoms with van der Waals surface area (Å²) in [6.45, 7) is 2.19. The Morgan fingerprint density at radius 1 is 1.38 bits per heavy atom. The van der Waals surface area contributed by atoms with E-state index in [2.05, 4.69) is 15.6 Å². The van der Waals surface area contributed by atoms with Crippen LogP contribution in [0.4, 0.5) is 4.79 Å². The van der Waals surface area contributed by atoms with Crippen LogP contribution >= 0.6 is 11.3 Å². The average Bonchev–Trinajstić information content (AvgIpc) is 3.00. The second kappa shape index (κ2) is 6.85. The molecule has 0 aromatic carbocycles. The van der Waals surface area contributed by atoms with Crippen LogP contribution < -0.4 is 10.6 Å². The molecule has 3 N–H and O–H groups in total. The highest BCUT2D eigenvalue weighted by atomic mass is 32.1. The molecular formula is C14H15N3O3S. The molecule has 0 saturated carbocycles. The van der Waals surface area contributed by atoms with Crippen molar-refractivity contribution < 1.29 is 14.7 Å². The highest BCUT2D eigenvalue weighted by Crippen LogP contribution is 2.15. The van der Waals surface area contributed by atoms with Gasteiger partial charge in [0.1, 0.15) is 5.69 Å². The van der Waals surface area contributed by atoms with E-state index in [-0.39, 0.29) is 24.3 Å². The van der Waals surface area contributed by atoms with Gasteiger partial charge in [0.25, 0.3) is 0 Å². The Morgan fingerprint density at radius 3 is 2.76 bits per heavy atom. The number of nitrogens with one attached hydrogen (secondary N) is 2. The van der Waals surface area contributed by atoms with E-state index in [1.165, 1.54) is 12.3 Å². The zero-order valence-electron chi connectivity index (χ0n) is 11.4. The summed E-state index contributed by atoms with van der Waals surface area (Å²) in [5.41, 5.74) is 1.77. The molecular weight excluding hydrogens is 290 g/mol. The third kappa shape index (κ3) is 4.28. The van der Waals surface area contributed by atoms with Gasteiger partial charge in [0, 0.05) is 12.7 Å². The molecule has 2 aromatic heterocycles. The van der Waals surface area contributed by atoms with Gasteiger partial charge in [-0.1, -0.05) is 6.07 Å². The fourth-order valence-corrected chi connectivity index (χ4v) is 2.44. The van der Waals surface area contributed by atoms with E-state index in [1.807, 2.05) is 23.8 Å². The first-order chi connectivity index (χ1) is 10.1. The first kappa shape index (κ1) is 15.0. The van der Waals surface area contributed by atoms with Crippen molar-refractivity contribution in [2.24, 2.45) is 0 Å². The Bertz CT molecular complexity index is 611. The number of aromatic nitrogens is 1. The van der Waals surface area contributed by atoms with Crippen molar-refractivity contribution in [1.82, 2.24) is 15.6 Å². The standard InChI is InChI=1S/C14H15N3O3S/c1-9(11-4-5-21-8-11)17-14(20)16-7-10-2-3-12(13(18)19)15-6-10/h2-6,8-9H,7H2,1H3,(H,18,19)(H2,16,17,20). The molecule has 0 bridgehead atoms. The maximum absolute atomic E-state index is 11.8. The van der Waals surface area contributed by atoms with Gasteiger partial charge in [-0.2, -0.15) is 11.3 Å². The lowest BCUT2D eigenvalue weighted by molar-refractivity contribution is 0.0690. The van der Waals surface area contributed by atoms with Crippen molar-refractivity contribution in [3.05, 3.63) is 52.0 Å². The SMILES string of the molecule is CC(NC(=O)NCc1ccc(C(=O)O)nc1)c1ccsc1. The number of carbonyl (C=O) groups is 2. The number of hydrogen-bond donors (Lipinski definition) is 3. The lowest BCUT2D eigenvalue weighted by Gasteiger charge is -2.13. The molecule has 2 heterocycles. The van der Waals surface area contributed by atoms with Crippen LogP contribution in [0.15, 0.2) is 35.2 Å². The predicted molar refractivity (Wildman–Crippen MR) is 79.3 cm³/mol. The number of thiophene rings is 1. The van der Waals surface area contributed by atoms with E-state index in [9.17, 15) is 9.59 Å². The van der Waals surface area contributed by atoms with E-state index >= 15 is 0 Å². The van der Waals surface area contributed by atoms with E-state index in [0.29, 0.717) is 0 Å². The smallest absolute Gasteiger partial charge is 0.354 e. The number of aromatic carboxylic acids is 1. The molecule has 21 heavy (non-hydrogen) atoms. The largest absolute Gasteiger partial charge is 0.477 e. The molecule has 0 saturated heterocycles. The quantitative estimate of drug-likeness (QED) is 0.791. The minimum atomic E-state index is -1.07. The second-order valence-corrected chi connectivity index (χ2v) is 5.24. The summed E-state index contributed by atoms with van der Waals surface area (Å²) in [5, 5.41) is 18.2. The third-order valence-electron chi connectivity index (χ3n) is 2.89. The molecule has 0 fully saturated rings.